The topological polar surface area (TPSA) is 166 Å². The predicted molar refractivity (Wildman–Crippen MR) is 319 cm³/mol. The van der Waals surface area contributed by atoms with Gasteiger partial charge in [-0.15, -0.1) is 24.8 Å². The molecule has 5 aromatic carbocycles. The van der Waals surface area contributed by atoms with E-state index in [1.807, 2.05) is 45.0 Å². The van der Waals surface area contributed by atoms with E-state index in [-0.39, 0.29) is 114 Å². The number of benzene rings is 5. The van der Waals surface area contributed by atoms with Crippen LogP contribution in [0.1, 0.15) is 94.0 Å². The van der Waals surface area contributed by atoms with Gasteiger partial charge in [0.05, 0.1) is 48.4 Å². The van der Waals surface area contributed by atoms with Gasteiger partial charge >= 0.3 is 0 Å². The molecule has 5 aromatic rings. The molecule has 0 amide bonds. The number of fused-ring (bicyclic) bond motifs is 6. The van der Waals surface area contributed by atoms with Crippen LogP contribution in [-0.4, -0.2) is 90.4 Å². The number of sulfone groups is 1. The van der Waals surface area contributed by atoms with Crippen molar-refractivity contribution in [1.82, 2.24) is 0 Å². The Bertz CT molecular complexity index is 3100. The van der Waals surface area contributed by atoms with Crippen LogP contribution in [0.3, 0.4) is 0 Å². The van der Waals surface area contributed by atoms with E-state index in [2.05, 4.69) is 12.6 Å². The molecule has 22 heteroatoms. The first-order valence-corrected chi connectivity index (χ1v) is 31.1. The molecule has 0 aliphatic carbocycles. The predicted octanol–water partition coefficient (Wildman–Crippen LogP) is 12.7. The molecule has 9 rings (SSSR count). The molecule has 11 nitrogen and oxygen atoms in total. The molecule has 448 valence electrons. The van der Waals surface area contributed by atoms with E-state index in [0.29, 0.717) is 55.4 Å². The van der Waals surface area contributed by atoms with E-state index >= 15 is 8.78 Å². The molecule has 0 bridgehead atoms. The highest BCUT2D eigenvalue weighted by Gasteiger charge is 2.55. The summed E-state index contributed by atoms with van der Waals surface area (Å²) in [6.07, 6.45) is 2.63. The van der Waals surface area contributed by atoms with Crippen LogP contribution in [0.15, 0.2) is 102 Å². The van der Waals surface area contributed by atoms with E-state index < -0.39 is 71.8 Å². The SMILES string of the molecule is CC(C)(N)CCS.CC(C)(N)CCS(=O)(=O)CC[C@@H]1OCC[C@@]2(Cc3ccc(Cl)cc3)c3c(F)ccc(F)c3OC[C@@H]12.Cc1ccc(S(=O)(=O)OCC[C@@H]2OCC[C@@]3(Cc4ccc(Cl)cc4)c4c(F)ccc(F)c4OC[C@@H]23)cc1.Cl.Cl. The second-order valence-electron chi connectivity index (χ2n) is 22.6. The molecule has 4 aliphatic heterocycles. The maximum absolute atomic E-state index is 15.4. The summed E-state index contributed by atoms with van der Waals surface area (Å²) in [6, 6.07) is 25.4. The molecular formula is C59H74Cl4F4N2O9S3. The van der Waals surface area contributed by atoms with Gasteiger partial charge in [0, 0.05) is 68.1 Å². The van der Waals surface area contributed by atoms with Crippen molar-refractivity contribution in [3.05, 3.63) is 158 Å². The Labute approximate surface area is 503 Å². The van der Waals surface area contributed by atoms with Crippen molar-refractivity contribution in [2.45, 2.75) is 125 Å². The van der Waals surface area contributed by atoms with Crippen molar-refractivity contribution >= 4 is 80.6 Å². The van der Waals surface area contributed by atoms with E-state index in [1.165, 1.54) is 12.1 Å². The molecule has 4 heterocycles. The summed E-state index contributed by atoms with van der Waals surface area (Å²) in [4.78, 5) is 0.0761. The highest BCUT2D eigenvalue weighted by molar-refractivity contribution is 7.91. The Morgan fingerprint density at radius 1 is 0.617 bits per heavy atom. The summed E-state index contributed by atoms with van der Waals surface area (Å²) in [5.41, 5.74) is 12.5. The quantitative estimate of drug-likeness (QED) is 0.0461. The minimum absolute atomic E-state index is 0. The van der Waals surface area contributed by atoms with Gasteiger partial charge in [-0.05, 0) is 164 Å². The van der Waals surface area contributed by atoms with Crippen molar-refractivity contribution in [3.63, 3.8) is 0 Å². The minimum Gasteiger partial charge on any atom is -0.490 e. The van der Waals surface area contributed by atoms with Crippen LogP contribution in [0.4, 0.5) is 17.6 Å². The van der Waals surface area contributed by atoms with Crippen LogP contribution in [0.5, 0.6) is 11.5 Å². The molecule has 0 spiro atoms. The highest BCUT2D eigenvalue weighted by Crippen LogP contribution is 2.54. The number of aryl methyl sites for hydroxylation is 1. The van der Waals surface area contributed by atoms with Crippen molar-refractivity contribution in [1.29, 1.82) is 0 Å². The van der Waals surface area contributed by atoms with E-state index in [9.17, 15) is 25.6 Å². The summed E-state index contributed by atoms with van der Waals surface area (Å²) in [5.74, 6) is -2.31. The minimum atomic E-state index is -3.94. The first-order valence-electron chi connectivity index (χ1n) is 26.5. The van der Waals surface area contributed by atoms with Crippen molar-refractivity contribution in [2.75, 3.05) is 50.3 Å². The number of nitrogens with two attached hydrogens (primary N) is 2. The lowest BCUT2D eigenvalue weighted by atomic mass is 9.60. The number of ether oxygens (including phenoxy) is 4. The van der Waals surface area contributed by atoms with Gasteiger partial charge in [0.15, 0.2) is 23.1 Å². The smallest absolute Gasteiger partial charge is 0.296 e. The molecule has 2 fully saturated rings. The maximum atomic E-state index is 15.4. The fourth-order valence-corrected chi connectivity index (χ4v) is 14.5. The van der Waals surface area contributed by atoms with Crippen molar-refractivity contribution in [3.8, 4) is 11.5 Å². The number of thiol groups is 1. The molecule has 4 aliphatic rings. The third kappa shape index (κ3) is 17.4. The maximum Gasteiger partial charge on any atom is 0.296 e. The Balaban J connectivity index is 0.000000261. The van der Waals surface area contributed by atoms with E-state index in [4.69, 9.17) is 57.8 Å². The summed E-state index contributed by atoms with van der Waals surface area (Å²) in [6.45, 7) is 10.2. The second-order valence-corrected chi connectivity index (χ2v) is 27.8. The standard InChI is InChI=1S/C28H27ClF2O5S.C26H32ClF2NO4S.C5H13NS.2ClH/c1-18-2-8-21(9-3-18)37(32,33)36-14-12-25-22-17-35-27-24(31)11-10-23(30)26(27)28(22,13-15-34-25)16-19-4-6-20(29)7-5-19;1-25(2,30)11-14-35(31,32)13-9-22-19-16-34-24-21(29)8-7-20(28)23(24)26(19,10-12-33-22)15-17-3-5-18(27)6-4-17;1-5(2,6)3-4-7;;/h2-11,22,25H,12-17H2,1H3;3-8,19,22H,9-16,30H2,1-2H3;7H,3-4,6H2,1-2H3;2*1H/t22-,25-,28-;19-,22-,26-;;;/m00.../s1. The van der Waals surface area contributed by atoms with Crippen molar-refractivity contribution in [2.24, 2.45) is 23.3 Å². The van der Waals surface area contributed by atoms with Gasteiger partial charge in [0.1, 0.15) is 21.5 Å². The van der Waals surface area contributed by atoms with Crippen LogP contribution in [-0.2, 0) is 57.3 Å². The zero-order chi connectivity index (χ0) is 57.6. The molecule has 0 unspecified atom stereocenters. The van der Waals surface area contributed by atoms with Crippen LogP contribution >= 0.6 is 60.6 Å². The van der Waals surface area contributed by atoms with Gasteiger partial charge in [-0.3, -0.25) is 4.18 Å². The number of halogens is 8. The van der Waals surface area contributed by atoms with Gasteiger partial charge in [-0.2, -0.15) is 21.0 Å². The lowest BCUT2D eigenvalue weighted by Crippen LogP contribution is -2.55. The largest absolute Gasteiger partial charge is 0.490 e. The Morgan fingerprint density at radius 3 is 1.44 bits per heavy atom. The Hall–Kier alpha value is -3.37. The molecular weight excluding hydrogens is 1190 g/mol. The summed E-state index contributed by atoms with van der Waals surface area (Å²) in [5, 5.41) is 1.17. The summed E-state index contributed by atoms with van der Waals surface area (Å²) in [7, 11) is -7.31. The van der Waals surface area contributed by atoms with Gasteiger partial charge < -0.3 is 30.4 Å². The van der Waals surface area contributed by atoms with Crippen LogP contribution < -0.4 is 20.9 Å². The third-order valence-corrected chi connectivity index (χ3v) is 19.1. The monoisotopic (exact) mass is 1270 g/mol. The molecule has 0 radical (unpaired) electrons. The van der Waals surface area contributed by atoms with Gasteiger partial charge in [-0.25, -0.2) is 26.0 Å². The molecule has 0 aromatic heterocycles. The Morgan fingerprint density at radius 2 is 1.04 bits per heavy atom. The lowest BCUT2D eigenvalue weighted by molar-refractivity contribution is -0.101. The second kappa shape index (κ2) is 28.7. The molecule has 0 saturated carbocycles. The fraction of sp³-hybridized carbons (Fsp3) is 0.492. The summed E-state index contributed by atoms with van der Waals surface area (Å²) >= 11 is 16.2. The fourth-order valence-electron chi connectivity index (χ4n) is 11.1. The summed E-state index contributed by atoms with van der Waals surface area (Å²) < 4.78 is 140. The highest BCUT2D eigenvalue weighted by atomic mass is 35.5. The zero-order valence-corrected chi connectivity index (χ0v) is 51.7. The van der Waals surface area contributed by atoms with E-state index in [1.54, 1.807) is 50.2 Å². The molecule has 4 N–H and O–H groups in total. The third-order valence-electron chi connectivity index (χ3n) is 15.3. The molecule has 81 heavy (non-hydrogen) atoms. The van der Waals surface area contributed by atoms with Crippen molar-refractivity contribution < 1.29 is 57.5 Å². The first kappa shape index (κ1) is 68.4. The molecule has 2 saturated heterocycles. The zero-order valence-electron chi connectivity index (χ0n) is 46.0. The van der Waals surface area contributed by atoms with Gasteiger partial charge in [0.2, 0.25) is 0 Å². The van der Waals surface area contributed by atoms with E-state index in [0.717, 1.165) is 53.1 Å². The van der Waals surface area contributed by atoms with Gasteiger partial charge in [-0.1, -0.05) is 65.2 Å². The Kier molecular flexibility index (Phi) is 24.2. The number of hydrogen-bond donors (Lipinski definition) is 3. The normalized spacial score (nSPS) is 22.1. The van der Waals surface area contributed by atoms with Crippen LogP contribution in [0, 0.1) is 42.0 Å². The number of hydrogen-bond acceptors (Lipinski definition) is 12. The average Bonchev–Trinajstić information content (AvgIpc) is 3.49. The first-order chi connectivity index (χ1) is 37.2. The average molecular weight is 1270 g/mol. The van der Waals surface area contributed by atoms with Crippen LogP contribution in [0.25, 0.3) is 0 Å². The van der Waals surface area contributed by atoms with Gasteiger partial charge in [0.25, 0.3) is 10.1 Å². The molecule has 6 atom stereocenters. The lowest BCUT2D eigenvalue weighted by Gasteiger charge is -2.51. The van der Waals surface area contributed by atoms with Crippen LogP contribution in [0.2, 0.25) is 10.0 Å². The number of rotatable bonds is 17.